The fraction of sp³-hybridized carbons (Fsp3) is 0.567. The number of urea groups is 1. The summed E-state index contributed by atoms with van der Waals surface area (Å²) in [6.45, 7) is 0. The zero-order chi connectivity index (χ0) is 28.2. The number of aromatic nitrogens is 4. The largest absolute Gasteiger partial charge is 0.479 e. The lowest BCUT2D eigenvalue weighted by Crippen LogP contribution is -2.60. The first-order chi connectivity index (χ1) is 20.4. The molecule has 3 aromatic rings. The van der Waals surface area contributed by atoms with E-state index in [-0.39, 0.29) is 17.4 Å². The Morgan fingerprint density at radius 2 is 1.60 bits per heavy atom. The molecule has 0 radical (unpaired) electrons. The van der Waals surface area contributed by atoms with Gasteiger partial charge in [0.05, 0.1) is 6.33 Å². The molecule has 3 N–H and O–H groups in total. The van der Waals surface area contributed by atoms with Crippen molar-refractivity contribution in [2.24, 2.45) is 17.8 Å². The average Bonchev–Trinajstić information content (AvgIpc) is 3.68. The summed E-state index contributed by atoms with van der Waals surface area (Å²) in [4.78, 5) is 38.8. The quantitative estimate of drug-likeness (QED) is 0.428. The average molecular weight is 573 g/mol. The molecule has 1 aromatic carbocycles. The van der Waals surface area contributed by atoms with Gasteiger partial charge in [0.15, 0.2) is 35.1 Å². The van der Waals surface area contributed by atoms with E-state index >= 15 is 0 Å². The second-order valence-electron chi connectivity index (χ2n) is 13.3. The van der Waals surface area contributed by atoms with Gasteiger partial charge in [0.1, 0.15) is 18.5 Å². The van der Waals surface area contributed by atoms with Gasteiger partial charge in [-0.1, -0.05) is 24.3 Å². The van der Waals surface area contributed by atoms with Crippen molar-refractivity contribution in [2.75, 3.05) is 5.32 Å². The molecule has 5 aliphatic carbocycles. The number of anilines is 1. The highest BCUT2D eigenvalue weighted by Crippen LogP contribution is 2.55. The highest BCUT2D eigenvalue weighted by molar-refractivity contribution is 5.96. The summed E-state index contributed by atoms with van der Waals surface area (Å²) in [6, 6.07) is 7.76. The monoisotopic (exact) mass is 572 g/mol. The van der Waals surface area contributed by atoms with Crippen molar-refractivity contribution in [3.05, 3.63) is 48.0 Å². The Hall–Kier alpha value is -3.61. The van der Waals surface area contributed by atoms with E-state index in [4.69, 9.17) is 14.2 Å². The number of hydrogen-bond acceptors (Lipinski definition) is 8. The maximum Gasteiger partial charge on any atom is 0.335 e. The third-order valence-electron chi connectivity index (χ3n) is 10.5. The van der Waals surface area contributed by atoms with Gasteiger partial charge in [-0.25, -0.2) is 24.5 Å². The van der Waals surface area contributed by atoms with Crippen LogP contribution in [0.1, 0.15) is 55.9 Å². The van der Waals surface area contributed by atoms with E-state index in [0.717, 1.165) is 30.4 Å². The molecule has 12 heteroatoms. The molecular weight excluding hydrogens is 540 g/mol. The van der Waals surface area contributed by atoms with Crippen molar-refractivity contribution in [2.45, 2.75) is 87.2 Å². The Balaban J connectivity index is 0.979. The zero-order valence-corrected chi connectivity index (χ0v) is 22.9. The normalized spacial score (nSPS) is 36.8. The molecule has 1 unspecified atom stereocenters. The van der Waals surface area contributed by atoms with Crippen LogP contribution in [0.3, 0.4) is 0 Å². The zero-order valence-electron chi connectivity index (χ0n) is 22.9. The summed E-state index contributed by atoms with van der Waals surface area (Å²) in [6.07, 6.45) is 7.43. The molecule has 4 bridgehead atoms. The van der Waals surface area contributed by atoms with Gasteiger partial charge >= 0.3 is 12.0 Å². The molecule has 2 aromatic heterocycles. The van der Waals surface area contributed by atoms with E-state index in [1.54, 1.807) is 4.57 Å². The number of hydrogen-bond donors (Lipinski definition) is 3. The highest BCUT2D eigenvalue weighted by Gasteiger charge is 2.62. The van der Waals surface area contributed by atoms with Gasteiger partial charge in [0.2, 0.25) is 0 Å². The fourth-order valence-electron chi connectivity index (χ4n) is 9.33. The van der Waals surface area contributed by atoms with Gasteiger partial charge in [-0.05, 0) is 67.4 Å². The molecule has 4 heterocycles. The second-order valence-corrected chi connectivity index (χ2v) is 13.3. The number of aliphatic carboxylic acids is 1. The standard InChI is InChI=1S/C30H32N6O6/c37-27(38)23-21-22(42-30(41-21)11-18-3-1-2-4-19(18)12-30)26(40-23)36-14-33-20-24(31-13-32-25(20)36)34-28(39)35-29-8-15-5-16(9-29)7-17(6-15)10-29/h1-4,13-17,21-23,26H,5-12H2,(H,37,38)(H2,31,32,34,35,39)/t15?,16?,17?,21?,22-,23-,26+,29?/m0/s1. The number of carbonyl (C=O) groups is 2. The van der Waals surface area contributed by atoms with Crippen molar-refractivity contribution < 1.29 is 28.9 Å². The number of nitrogens with one attached hydrogen (secondary N) is 2. The summed E-state index contributed by atoms with van der Waals surface area (Å²) in [5.74, 6) is 0.358. The second kappa shape index (κ2) is 8.71. The Morgan fingerprint density at radius 3 is 2.26 bits per heavy atom. The van der Waals surface area contributed by atoms with E-state index < -0.39 is 36.3 Å². The van der Waals surface area contributed by atoms with E-state index in [0.29, 0.717) is 41.8 Å². The molecule has 4 atom stereocenters. The van der Waals surface area contributed by atoms with Gasteiger partial charge < -0.3 is 24.6 Å². The van der Waals surface area contributed by atoms with Gasteiger partial charge in [-0.3, -0.25) is 9.88 Å². The molecule has 2 aliphatic heterocycles. The van der Waals surface area contributed by atoms with Crippen LogP contribution in [0.2, 0.25) is 0 Å². The number of imidazole rings is 1. The third kappa shape index (κ3) is 3.74. The predicted molar refractivity (Wildman–Crippen MR) is 146 cm³/mol. The minimum absolute atomic E-state index is 0.140. The number of nitrogens with zero attached hydrogens (tertiary/aromatic N) is 4. The summed E-state index contributed by atoms with van der Waals surface area (Å²) < 4.78 is 20.6. The van der Waals surface area contributed by atoms with Crippen molar-refractivity contribution in [1.29, 1.82) is 0 Å². The molecule has 2 saturated heterocycles. The first kappa shape index (κ1) is 24.9. The Morgan fingerprint density at radius 1 is 0.929 bits per heavy atom. The molecule has 4 saturated carbocycles. The predicted octanol–water partition coefficient (Wildman–Crippen LogP) is 3.18. The van der Waals surface area contributed by atoms with Crippen LogP contribution < -0.4 is 10.6 Å². The van der Waals surface area contributed by atoms with Crippen LogP contribution in [-0.4, -0.2) is 66.3 Å². The molecule has 12 nitrogen and oxygen atoms in total. The van der Waals surface area contributed by atoms with Crippen LogP contribution in [0.15, 0.2) is 36.9 Å². The molecule has 1 spiro atoms. The lowest BCUT2D eigenvalue weighted by atomic mass is 9.53. The Labute approximate surface area is 241 Å². The van der Waals surface area contributed by atoms with Gasteiger partial charge in [0, 0.05) is 18.4 Å². The van der Waals surface area contributed by atoms with Gasteiger partial charge in [-0.15, -0.1) is 0 Å². The maximum absolute atomic E-state index is 13.3. The summed E-state index contributed by atoms with van der Waals surface area (Å²) >= 11 is 0. The number of fused-ring (bicyclic) bond motifs is 3. The van der Waals surface area contributed by atoms with E-state index in [1.165, 1.54) is 31.9 Å². The number of benzene rings is 1. The lowest BCUT2D eigenvalue weighted by Gasteiger charge is -2.56. The molecule has 2 amide bonds. The molecule has 218 valence electrons. The van der Waals surface area contributed by atoms with Crippen molar-refractivity contribution in [3.63, 3.8) is 0 Å². The van der Waals surface area contributed by atoms with Crippen LogP contribution in [-0.2, 0) is 31.8 Å². The van der Waals surface area contributed by atoms with E-state index in [2.05, 4.69) is 25.6 Å². The van der Waals surface area contributed by atoms with Crippen LogP contribution in [0.25, 0.3) is 11.2 Å². The molecule has 6 fully saturated rings. The summed E-state index contributed by atoms with van der Waals surface area (Å²) in [5.41, 5.74) is 2.91. The van der Waals surface area contributed by atoms with Crippen LogP contribution in [0.5, 0.6) is 0 Å². The van der Waals surface area contributed by atoms with Crippen LogP contribution in [0, 0.1) is 17.8 Å². The molecule has 7 aliphatic rings. The number of amides is 2. The number of ether oxygens (including phenoxy) is 3. The Bertz CT molecular complexity index is 1560. The smallest absolute Gasteiger partial charge is 0.335 e. The maximum atomic E-state index is 13.3. The number of carboxylic acids is 1. The number of rotatable bonds is 4. The SMILES string of the molecule is O=C(Nc1ncnc2c1ncn2[C@@H]1O[C@H](C(=O)O)C2OC3(Cc4ccccc4C3)O[C@@H]21)NC12CC3CC(CC(C3)C1)C2. The number of carbonyl (C=O) groups excluding carboxylic acids is 1. The molecule has 42 heavy (non-hydrogen) atoms. The summed E-state index contributed by atoms with van der Waals surface area (Å²) in [5, 5.41) is 16.2. The van der Waals surface area contributed by atoms with Gasteiger partial charge in [-0.2, -0.15) is 0 Å². The van der Waals surface area contributed by atoms with E-state index in [9.17, 15) is 14.7 Å². The topological polar surface area (TPSA) is 150 Å². The van der Waals surface area contributed by atoms with Gasteiger partial charge in [0.25, 0.3) is 0 Å². The third-order valence-corrected chi connectivity index (χ3v) is 10.5. The first-order valence-electron chi connectivity index (χ1n) is 14.9. The van der Waals surface area contributed by atoms with Crippen LogP contribution in [0.4, 0.5) is 10.6 Å². The van der Waals surface area contributed by atoms with Crippen LogP contribution >= 0.6 is 0 Å². The Kier molecular flexibility index (Phi) is 5.17. The number of carboxylic acid groups (broad SMARTS) is 1. The highest BCUT2D eigenvalue weighted by atomic mass is 16.8. The first-order valence-corrected chi connectivity index (χ1v) is 14.9. The minimum Gasteiger partial charge on any atom is -0.479 e. The van der Waals surface area contributed by atoms with E-state index in [1.807, 2.05) is 24.3 Å². The molecule has 10 rings (SSSR count). The van der Waals surface area contributed by atoms with Crippen molar-refractivity contribution in [1.82, 2.24) is 24.8 Å². The minimum atomic E-state index is -1.22. The summed E-state index contributed by atoms with van der Waals surface area (Å²) in [7, 11) is 0. The molecular formula is C30H32N6O6. The fourth-order valence-corrected chi connectivity index (χ4v) is 9.33. The lowest BCUT2D eigenvalue weighted by molar-refractivity contribution is -0.214. The van der Waals surface area contributed by atoms with Crippen molar-refractivity contribution >= 4 is 29.0 Å². The van der Waals surface area contributed by atoms with Crippen molar-refractivity contribution in [3.8, 4) is 0 Å².